The molecule has 0 unspecified atom stereocenters. The molecule has 0 rings (SSSR count). The standard InChI is InChI=1S/C26H53N3O6.CH4/c1-25(2,3)29-15-10-17-33-20-22-34-21-19-32-16-8-13-27-23(30)11-7-12-24(31)28-14-9-18-35-26(4,5)6;/h29H,7-22H2,1-6H3,(H,27,30)(H,28,31);1H4. The summed E-state index contributed by atoms with van der Waals surface area (Å²) in [5, 5.41) is 9.14. The van der Waals surface area contributed by atoms with Crippen LogP contribution in [0.5, 0.6) is 0 Å². The zero-order valence-electron chi connectivity index (χ0n) is 23.3. The summed E-state index contributed by atoms with van der Waals surface area (Å²) in [6, 6.07) is 0. The van der Waals surface area contributed by atoms with Crippen molar-refractivity contribution in [1.82, 2.24) is 16.0 Å². The van der Waals surface area contributed by atoms with Crippen LogP contribution in [0.1, 0.15) is 87.5 Å². The van der Waals surface area contributed by atoms with Crippen molar-refractivity contribution in [3.05, 3.63) is 0 Å². The molecule has 0 aromatic heterocycles. The van der Waals surface area contributed by atoms with Crippen molar-refractivity contribution in [1.29, 1.82) is 0 Å². The van der Waals surface area contributed by atoms with Gasteiger partial charge in [-0.15, -0.1) is 0 Å². The molecule has 216 valence electrons. The van der Waals surface area contributed by atoms with Crippen LogP contribution in [0.15, 0.2) is 0 Å². The molecule has 0 radical (unpaired) electrons. The summed E-state index contributed by atoms with van der Waals surface area (Å²) < 4.78 is 22.1. The smallest absolute Gasteiger partial charge is 0.220 e. The molecule has 0 aliphatic heterocycles. The van der Waals surface area contributed by atoms with Gasteiger partial charge in [-0.3, -0.25) is 9.59 Å². The SMILES string of the molecule is C.CC(C)(C)NCCCOCCOCCOCCCNC(=O)CCCC(=O)NCCCOC(C)(C)C. The first kappa shape index (κ1) is 36.9. The van der Waals surface area contributed by atoms with Gasteiger partial charge in [-0.1, -0.05) is 7.43 Å². The van der Waals surface area contributed by atoms with Crippen LogP contribution in [-0.4, -0.2) is 88.8 Å². The van der Waals surface area contributed by atoms with E-state index in [0.29, 0.717) is 72.0 Å². The molecule has 0 aliphatic rings. The van der Waals surface area contributed by atoms with Crippen molar-refractivity contribution in [2.45, 2.75) is 98.6 Å². The van der Waals surface area contributed by atoms with Crippen LogP contribution >= 0.6 is 0 Å². The predicted molar refractivity (Wildman–Crippen MR) is 146 cm³/mol. The van der Waals surface area contributed by atoms with E-state index in [1.165, 1.54) is 0 Å². The third kappa shape index (κ3) is 30.8. The second kappa shape index (κ2) is 22.9. The Morgan fingerprint density at radius 3 is 1.44 bits per heavy atom. The zero-order chi connectivity index (χ0) is 26.4. The fraction of sp³-hybridized carbons (Fsp3) is 0.926. The molecule has 0 heterocycles. The van der Waals surface area contributed by atoms with Gasteiger partial charge in [0, 0.05) is 51.3 Å². The number of hydrogen-bond donors (Lipinski definition) is 3. The van der Waals surface area contributed by atoms with Gasteiger partial charge in [-0.05, 0) is 73.8 Å². The van der Waals surface area contributed by atoms with Gasteiger partial charge in [0.15, 0.2) is 0 Å². The summed E-state index contributed by atoms with van der Waals surface area (Å²) >= 11 is 0. The molecule has 0 atom stereocenters. The van der Waals surface area contributed by atoms with Gasteiger partial charge in [0.1, 0.15) is 0 Å². The highest BCUT2D eigenvalue weighted by Crippen LogP contribution is 2.06. The first-order chi connectivity index (χ1) is 16.5. The van der Waals surface area contributed by atoms with Crippen LogP contribution < -0.4 is 16.0 Å². The highest BCUT2D eigenvalue weighted by atomic mass is 16.5. The molecule has 0 spiro atoms. The molecule has 36 heavy (non-hydrogen) atoms. The van der Waals surface area contributed by atoms with Crippen LogP contribution in [0.3, 0.4) is 0 Å². The van der Waals surface area contributed by atoms with E-state index in [-0.39, 0.29) is 30.4 Å². The number of amides is 2. The predicted octanol–water partition coefficient (Wildman–Crippen LogP) is 3.45. The third-order valence-corrected chi connectivity index (χ3v) is 4.64. The summed E-state index contributed by atoms with van der Waals surface area (Å²) in [5.74, 6) is -0.0574. The molecule has 0 aromatic rings. The highest BCUT2D eigenvalue weighted by Gasteiger charge is 2.09. The van der Waals surface area contributed by atoms with Crippen molar-refractivity contribution >= 4 is 11.8 Å². The Labute approximate surface area is 221 Å². The Hall–Kier alpha value is -1.26. The van der Waals surface area contributed by atoms with E-state index in [2.05, 4.69) is 36.7 Å². The fourth-order valence-corrected chi connectivity index (χ4v) is 2.85. The van der Waals surface area contributed by atoms with Gasteiger partial charge in [0.25, 0.3) is 0 Å². The Morgan fingerprint density at radius 1 is 0.583 bits per heavy atom. The Balaban J connectivity index is 0. The maximum Gasteiger partial charge on any atom is 0.220 e. The molecule has 0 aliphatic carbocycles. The minimum atomic E-state index is -0.155. The second-order valence-electron chi connectivity index (χ2n) is 10.6. The van der Waals surface area contributed by atoms with Gasteiger partial charge < -0.3 is 34.9 Å². The fourth-order valence-electron chi connectivity index (χ4n) is 2.85. The van der Waals surface area contributed by atoms with Crippen molar-refractivity contribution in [3.63, 3.8) is 0 Å². The van der Waals surface area contributed by atoms with Crippen molar-refractivity contribution in [2.75, 3.05) is 65.9 Å². The average Bonchev–Trinajstić information content (AvgIpc) is 2.74. The normalized spacial score (nSPS) is 11.7. The monoisotopic (exact) mass is 519 g/mol. The lowest BCUT2D eigenvalue weighted by Gasteiger charge is -2.20. The lowest BCUT2D eigenvalue weighted by molar-refractivity contribution is -0.122. The number of nitrogens with one attached hydrogen (secondary N) is 3. The van der Waals surface area contributed by atoms with E-state index in [1.807, 2.05) is 20.8 Å². The number of carbonyl (C=O) groups is 2. The van der Waals surface area contributed by atoms with Gasteiger partial charge in [-0.25, -0.2) is 0 Å². The van der Waals surface area contributed by atoms with E-state index >= 15 is 0 Å². The maximum atomic E-state index is 11.8. The second-order valence-corrected chi connectivity index (χ2v) is 10.6. The van der Waals surface area contributed by atoms with Gasteiger partial charge in [0.2, 0.25) is 11.8 Å². The van der Waals surface area contributed by atoms with E-state index < -0.39 is 0 Å². The molecule has 0 bridgehead atoms. The first-order valence-corrected chi connectivity index (χ1v) is 13.2. The van der Waals surface area contributed by atoms with Crippen molar-refractivity contribution in [3.8, 4) is 0 Å². The first-order valence-electron chi connectivity index (χ1n) is 13.2. The molecule has 0 saturated carbocycles. The summed E-state index contributed by atoms with van der Waals surface area (Å²) in [6.45, 7) is 18.7. The molecule has 9 heteroatoms. The molecule has 0 aromatic carbocycles. The quantitative estimate of drug-likeness (QED) is 0.188. The van der Waals surface area contributed by atoms with E-state index in [4.69, 9.17) is 18.9 Å². The Bertz CT molecular complexity index is 533. The molecule has 9 nitrogen and oxygen atoms in total. The Kier molecular flexibility index (Phi) is 23.5. The molecular formula is C27H57N3O6. The third-order valence-electron chi connectivity index (χ3n) is 4.64. The van der Waals surface area contributed by atoms with E-state index in [1.54, 1.807) is 0 Å². The largest absolute Gasteiger partial charge is 0.379 e. The topological polar surface area (TPSA) is 107 Å². The summed E-state index contributed by atoms with van der Waals surface area (Å²) in [5.41, 5.74) is -0.00623. The number of rotatable bonds is 22. The van der Waals surface area contributed by atoms with Gasteiger partial charge >= 0.3 is 0 Å². The van der Waals surface area contributed by atoms with Gasteiger partial charge in [0.05, 0.1) is 32.0 Å². The highest BCUT2D eigenvalue weighted by molar-refractivity contribution is 5.78. The Morgan fingerprint density at radius 2 is 1.00 bits per heavy atom. The minimum absolute atomic E-state index is 0. The minimum Gasteiger partial charge on any atom is -0.379 e. The molecule has 0 saturated heterocycles. The van der Waals surface area contributed by atoms with Crippen molar-refractivity contribution < 1.29 is 28.5 Å². The lowest BCUT2D eigenvalue weighted by atomic mass is 10.1. The maximum absolute atomic E-state index is 11.8. The van der Waals surface area contributed by atoms with E-state index in [0.717, 1.165) is 32.4 Å². The summed E-state index contributed by atoms with van der Waals surface area (Å²) in [4.78, 5) is 23.6. The van der Waals surface area contributed by atoms with Crippen LogP contribution in [0.25, 0.3) is 0 Å². The van der Waals surface area contributed by atoms with E-state index in [9.17, 15) is 9.59 Å². The van der Waals surface area contributed by atoms with Crippen LogP contribution in [0.4, 0.5) is 0 Å². The molecular weight excluding hydrogens is 462 g/mol. The number of carbonyl (C=O) groups excluding carboxylic acids is 2. The number of ether oxygens (including phenoxy) is 4. The molecule has 3 N–H and O–H groups in total. The van der Waals surface area contributed by atoms with Gasteiger partial charge in [-0.2, -0.15) is 0 Å². The average molecular weight is 520 g/mol. The summed E-state index contributed by atoms with van der Waals surface area (Å²) in [6.07, 6.45) is 3.76. The van der Waals surface area contributed by atoms with Crippen LogP contribution in [0.2, 0.25) is 0 Å². The molecule has 0 fully saturated rings. The zero-order valence-corrected chi connectivity index (χ0v) is 23.3. The molecule has 2 amide bonds. The van der Waals surface area contributed by atoms with Crippen LogP contribution in [-0.2, 0) is 28.5 Å². The van der Waals surface area contributed by atoms with Crippen LogP contribution in [0, 0.1) is 0 Å². The number of hydrogen-bond acceptors (Lipinski definition) is 7. The summed E-state index contributed by atoms with van der Waals surface area (Å²) in [7, 11) is 0. The lowest BCUT2D eigenvalue weighted by Crippen LogP contribution is -2.36. The van der Waals surface area contributed by atoms with Crippen molar-refractivity contribution in [2.24, 2.45) is 0 Å².